The fourth-order valence-electron chi connectivity index (χ4n) is 4.43. The Balaban J connectivity index is 1.65. The van der Waals surface area contributed by atoms with E-state index >= 15 is 0 Å². The van der Waals surface area contributed by atoms with Crippen molar-refractivity contribution in [2.75, 3.05) is 21.2 Å². The number of fused-ring (bicyclic) bond motifs is 2. The molecule has 0 spiro atoms. The Morgan fingerprint density at radius 1 is 1.20 bits per heavy atom. The van der Waals surface area contributed by atoms with Crippen molar-refractivity contribution in [3.05, 3.63) is 70.3 Å². The van der Waals surface area contributed by atoms with Gasteiger partial charge in [0.05, 0.1) is 24.4 Å². The zero-order valence-electron chi connectivity index (χ0n) is 17.2. The van der Waals surface area contributed by atoms with Crippen LogP contribution in [0.5, 0.6) is 5.75 Å². The van der Waals surface area contributed by atoms with Crippen LogP contribution >= 0.6 is 0 Å². The van der Waals surface area contributed by atoms with Crippen LogP contribution in [-0.4, -0.2) is 36.1 Å². The van der Waals surface area contributed by atoms with Gasteiger partial charge >= 0.3 is 0 Å². The second-order valence-corrected chi connectivity index (χ2v) is 7.94. The van der Waals surface area contributed by atoms with Crippen LogP contribution in [0.15, 0.2) is 58.2 Å². The summed E-state index contributed by atoms with van der Waals surface area (Å²) in [4.78, 5) is 22.6. The summed E-state index contributed by atoms with van der Waals surface area (Å²) in [5.41, 5.74) is 5.92. The molecule has 1 aliphatic rings. The smallest absolute Gasteiger partial charge is 0.190 e. The van der Waals surface area contributed by atoms with Gasteiger partial charge in [-0.3, -0.25) is 4.79 Å². The molecule has 30 heavy (non-hydrogen) atoms. The number of oxazole rings is 1. The van der Waals surface area contributed by atoms with Crippen LogP contribution < -0.4 is 10.2 Å². The number of nitrogens with zero attached hydrogens (tertiary/aromatic N) is 2. The molecule has 5 rings (SSSR count). The Kier molecular flexibility index (Phi) is 4.44. The van der Waals surface area contributed by atoms with Crippen LogP contribution in [0.1, 0.15) is 23.6 Å². The second kappa shape index (κ2) is 7.15. The number of pyridine rings is 1. The number of methoxy groups -OCH3 is 1. The van der Waals surface area contributed by atoms with Gasteiger partial charge < -0.3 is 19.0 Å². The maximum atomic E-state index is 13.0. The van der Waals surface area contributed by atoms with E-state index in [0.29, 0.717) is 28.5 Å². The number of benzene rings is 2. The predicted molar refractivity (Wildman–Crippen MR) is 117 cm³/mol. The van der Waals surface area contributed by atoms with E-state index in [1.807, 2.05) is 6.07 Å². The Hall–Kier alpha value is -3.38. The Morgan fingerprint density at radius 3 is 2.80 bits per heavy atom. The van der Waals surface area contributed by atoms with E-state index in [1.165, 1.54) is 17.5 Å². The van der Waals surface area contributed by atoms with Crippen LogP contribution in [0.3, 0.4) is 0 Å². The molecule has 0 aliphatic heterocycles. The molecule has 0 saturated carbocycles. The Morgan fingerprint density at radius 2 is 2.07 bits per heavy atom. The normalized spacial score (nSPS) is 15.7. The van der Waals surface area contributed by atoms with Gasteiger partial charge in [0.2, 0.25) is 0 Å². The maximum Gasteiger partial charge on any atom is 0.190 e. The van der Waals surface area contributed by atoms with Gasteiger partial charge in [-0.15, -0.1) is 0 Å². The average molecular weight is 401 g/mol. The highest BCUT2D eigenvalue weighted by atomic mass is 16.5. The summed E-state index contributed by atoms with van der Waals surface area (Å²) in [6.07, 6.45) is 5.19. The number of hydrogen-bond acceptors (Lipinski definition) is 5. The van der Waals surface area contributed by atoms with Gasteiger partial charge in [-0.1, -0.05) is 12.1 Å². The highest BCUT2D eigenvalue weighted by molar-refractivity contribution is 5.88. The van der Waals surface area contributed by atoms with Gasteiger partial charge in [-0.05, 0) is 55.8 Å². The number of aromatic amines is 1. The number of nitrogens with one attached hydrogen (secondary N) is 1. The van der Waals surface area contributed by atoms with Crippen LogP contribution in [0, 0.1) is 0 Å². The molecule has 1 aliphatic carbocycles. The lowest BCUT2D eigenvalue weighted by atomic mass is 10.0. The summed E-state index contributed by atoms with van der Waals surface area (Å²) in [6.45, 7) is 0. The quantitative estimate of drug-likeness (QED) is 0.549. The maximum absolute atomic E-state index is 13.0. The lowest BCUT2D eigenvalue weighted by Crippen LogP contribution is -2.17. The zero-order chi connectivity index (χ0) is 20.8. The second-order valence-electron chi connectivity index (χ2n) is 7.94. The molecule has 0 fully saturated rings. The molecule has 0 amide bonds. The molecule has 2 aromatic heterocycles. The van der Waals surface area contributed by atoms with Crippen molar-refractivity contribution in [3.63, 3.8) is 0 Å². The topological polar surface area (TPSA) is 71.4 Å². The summed E-state index contributed by atoms with van der Waals surface area (Å²) in [6, 6.07) is 12.2. The number of aromatic nitrogens is 2. The van der Waals surface area contributed by atoms with Crippen LogP contribution in [0.25, 0.3) is 33.5 Å². The van der Waals surface area contributed by atoms with Crippen molar-refractivity contribution in [2.24, 2.45) is 0 Å². The molecule has 6 nitrogen and oxygen atoms in total. The first-order valence-corrected chi connectivity index (χ1v) is 9.98. The standard InChI is InChI=1S/C24H23N3O3/c1-27(2)21-7-6-14-4-5-15(8-16(14)21)19-10-22(28)17-9-18(24-12-25-13-30-24)23(29-3)11-20(17)26-19/h4-5,8-13,21H,6-7H2,1-3H3,(H,26,28)/t21-/m1/s1. The van der Waals surface area contributed by atoms with Gasteiger partial charge in [0.15, 0.2) is 17.6 Å². The van der Waals surface area contributed by atoms with E-state index in [0.717, 1.165) is 29.6 Å². The van der Waals surface area contributed by atoms with Crippen molar-refractivity contribution in [3.8, 4) is 28.3 Å². The first kappa shape index (κ1) is 18.6. The summed E-state index contributed by atoms with van der Waals surface area (Å²) in [5, 5.41) is 0.582. The SMILES string of the molecule is COc1cc2[nH]c(-c3ccc4c(c3)[C@H](N(C)C)CC4)cc(=O)c2cc1-c1cnco1. The molecule has 152 valence electrons. The zero-order valence-corrected chi connectivity index (χ0v) is 17.2. The van der Waals surface area contributed by atoms with Gasteiger partial charge in [0.25, 0.3) is 0 Å². The van der Waals surface area contributed by atoms with E-state index in [4.69, 9.17) is 9.15 Å². The van der Waals surface area contributed by atoms with Crippen LogP contribution in [-0.2, 0) is 6.42 Å². The fraction of sp³-hybridized carbons (Fsp3) is 0.250. The van der Waals surface area contributed by atoms with Gasteiger partial charge in [-0.2, -0.15) is 0 Å². The molecular weight excluding hydrogens is 378 g/mol. The minimum Gasteiger partial charge on any atom is -0.496 e. The van der Waals surface area contributed by atoms with Crippen molar-refractivity contribution in [1.29, 1.82) is 0 Å². The highest BCUT2D eigenvalue weighted by Gasteiger charge is 2.24. The van der Waals surface area contributed by atoms with Gasteiger partial charge in [0.1, 0.15) is 5.75 Å². The fourth-order valence-corrected chi connectivity index (χ4v) is 4.43. The van der Waals surface area contributed by atoms with Crippen molar-refractivity contribution >= 4 is 10.9 Å². The van der Waals surface area contributed by atoms with Gasteiger partial charge in [-0.25, -0.2) is 4.98 Å². The molecule has 1 N–H and O–H groups in total. The van der Waals surface area contributed by atoms with Crippen molar-refractivity contribution in [2.45, 2.75) is 18.9 Å². The van der Waals surface area contributed by atoms with Gasteiger partial charge in [0, 0.05) is 29.3 Å². The van der Waals surface area contributed by atoms with Crippen LogP contribution in [0.2, 0.25) is 0 Å². The van der Waals surface area contributed by atoms with E-state index < -0.39 is 0 Å². The Bertz CT molecular complexity index is 1290. The lowest BCUT2D eigenvalue weighted by molar-refractivity contribution is 0.299. The minimum absolute atomic E-state index is 0.0492. The average Bonchev–Trinajstić information content (AvgIpc) is 3.42. The number of H-pyrrole nitrogens is 1. The summed E-state index contributed by atoms with van der Waals surface area (Å²) in [7, 11) is 5.83. The summed E-state index contributed by atoms with van der Waals surface area (Å²) in [5.74, 6) is 1.18. The molecule has 6 heteroatoms. The highest BCUT2D eigenvalue weighted by Crippen LogP contribution is 2.37. The number of ether oxygens (including phenoxy) is 1. The first-order valence-electron chi connectivity index (χ1n) is 9.98. The third-order valence-electron chi connectivity index (χ3n) is 5.97. The van der Waals surface area contributed by atoms with E-state index in [-0.39, 0.29) is 5.43 Å². The predicted octanol–water partition coefficient (Wildman–Crippen LogP) is 4.41. The van der Waals surface area contributed by atoms with E-state index in [2.05, 4.69) is 47.2 Å². The monoisotopic (exact) mass is 401 g/mol. The molecule has 4 aromatic rings. The third-order valence-corrected chi connectivity index (χ3v) is 5.97. The minimum atomic E-state index is -0.0492. The summed E-state index contributed by atoms with van der Waals surface area (Å²) >= 11 is 0. The summed E-state index contributed by atoms with van der Waals surface area (Å²) < 4.78 is 11.0. The number of hydrogen-bond donors (Lipinski definition) is 1. The number of rotatable bonds is 4. The molecule has 0 radical (unpaired) electrons. The number of aryl methyl sites for hydroxylation is 1. The molecule has 0 unspecified atom stereocenters. The molecule has 0 saturated heterocycles. The lowest BCUT2D eigenvalue weighted by Gasteiger charge is -2.20. The molecule has 1 atom stereocenters. The van der Waals surface area contributed by atoms with Crippen molar-refractivity contribution in [1.82, 2.24) is 14.9 Å². The largest absolute Gasteiger partial charge is 0.496 e. The molecule has 0 bridgehead atoms. The first-order chi connectivity index (χ1) is 14.5. The van der Waals surface area contributed by atoms with E-state index in [1.54, 1.807) is 25.4 Å². The van der Waals surface area contributed by atoms with Crippen LogP contribution in [0.4, 0.5) is 0 Å². The third kappa shape index (κ3) is 3.00. The van der Waals surface area contributed by atoms with E-state index in [9.17, 15) is 4.79 Å². The molecule has 2 heterocycles. The molecular formula is C24H23N3O3. The van der Waals surface area contributed by atoms with Crippen molar-refractivity contribution < 1.29 is 9.15 Å². The molecule has 2 aromatic carbocycles. The Labute approximate surface area is 174 Å².